The van der Waals surface area contributed by atoms with Crippen LogP contribution < -0.4 is 0 Å². The largest absolute Gasteiger partial charge is 0.0832 e. The van der Waals surface area contributed by atoms with Crippen LogP contribution in [0.15, 0.2) is 72.8 Å². The molecule has 0 spiro atoms. The zero-order chi connectivity index (χ0) is 13.1. The highest BCUT2D eigenvalue weighted by molar-refractivity contribution is 7.80. The average molecular weight is 261 g/mol. The van der Waals surface area contributed by atoms with Crippen molar-refractivity contribution in [1.29, 1.82) is 0 Å². The van der Waals surface area contributed by atoms with Gasteiger partial charge in [0.05, 0.1) is 0 Å². The van der Waals surface area contributed by atoms with Crippen LogP contribution in [0.1, 0.15) is 17.0 Å². The predicted octanol–water partition coefficient (Wildman–Crippen LogP) is 4.60. The van der Waals surface area contributed by atoms with Gasteiger partial charge in [0.25, 0.3) is 0 Å². The van der Waals surface area contributed by atoms with Crippen molar-refractivity contribution >= 4 is 22.7 Å². The van der Waals surface area contributed by atoms with Crippen LogP contribution in [0, 0.1) is 6.08 Å². The molecular formula is C18H13S. The minimum absolute atomic E-state index is 0.128. The smallest absolute Gasteiger partial charge is 0.0454 e. The third-order valence-corrected chi connectivity index (χ3v) is 3.66. The SMILES string of the molecule is S=C1[C]=CC=C(c2ccccc2)C1c1ccccc1. The second-order valence-corrected chi connectivity index (χ2v) is 4.95. The summed E-state index contributed by atoms with van der Waals surface area (Å²) in [6.07, 6.45) is 7.19. The zero-order valence-corrected chi connectivity index (χ0v) is 11.2. The summed E-state index contributed by atoms with van der Waals surface area (Å²) in [7, 11) is 0. The first kappa shape index (κ1) is 12.1. The average Bonchev–Trinajstić information content (AvgIpc) is 2.49. The molecule has 3 rings (SSSR count). The van der Waals surface area contributed by atoms with Crippen LogP contribution in [0.25, 0.3) is 5.57 Å². The maximum atomic E-state index is 5.50. The molecule has 1 radical (unpaired) electrons. The highest BCUT2D eigenvalue weighted by Gasteiger charge is 2.23. The lowest BCUT2D eigenvalue weighted by molar-refractivity contribution is 1.17. The standard InChI is InChI=1S/C18H13S/c19-17-13-7-12-16(14-8-3-1-4-9-14)18(17)15-10-5-2-6-11-15/h1-12,18H. The van der Waals surface area contributed by atoms with Crippen LogP contribution in [0.5, 0.6) is 0 Å². The van der Waals surface area contributed by atoms with E-state index in [1.807, 2.05) is 18.2 Å². The summed E-state index contributed by atoms with van der Waals surface area (Å²) in [5.74, 6) is 0.128. The molecule has 0 fully saturated rings. The highest BCUT2D eigenvalue weighted by atomic mass is 32.1. The van der Waals surface area contributed by atoms with E-state index in [-0.39, 0.29) is 5.92 Å². The summed E-state index contributed by atoms with van der Waals surface area (Å²) < 4.78 is 0. The molecule has 91 valence electrons. The van der Waals surface area contributed by atoms with Gasteiger partial charge in [-0.1, -0.05) is 85.0 Å². The Kier molecular flexibility index (Phi) is 3.39. The highest BCUT2D eigenvalue weighted by Crippen LogP contribution is 2.35. The van der Waals surface area contributed by atoms with Gasteiger partial charge in [-0.05, 0) is 22.8 Å². The number of thiocarbonyl (C=S) groups is 1. The Bertz CT molecular complexity index is 636. The molecule has 19 heavy (non-hydrogen) atoms. The van der Waals surface area contributed by atoms with Crippen molar-refractivity contribution in [3.8, 4) is 0 Å². The number of rotatable bonds is 2. The van der Waals surface area contributed by atoms with Crippen molar-refractivity contribution in [3.63, 3.8) is 0 Å². The van der Waals surface area contributed by atoms with Crippen molar-refractivity contribution < 1.29 is 0 Å². The normalized spacial score (nSPS) is 18.2. The minimum atomic E-state index is 0.128. The third kappa shape index (κ3) is 2.42. The molecule has 1 aliphatic carbocycles. The molecule has 0 bridgehead atoms. The van der Waals surface area contributed by atoms with Gasteiger partial charge >= 0.3 is 0 Å². The fourth-order valence-corrected chi connectivity index (χ4v) is 2.74. The van der Waals surface area contributed by atoms with Crippen LogP contribution in [-0.4, -0.2) is 4.86 Å². The molecule has 1 aliphatic rings. The third-order valence-electron chi connectivity index (χ3n) is 3.30. The first-order valence-electron chi connectivity index (χ1n) is 6.30. The van der Waals surface area contributed by atoms with E-state index in [0.29, 0.717) is 0 Å². The predicted molar refractivity (Wildman–Crippen MR) is 84.0 cm³/mol. The first-order chi connectivity index (χ1) is 9.36. The minimum Gasteiger partial charge on any atom is -0.0832 e. The number of hydrogen-bond donors (Lipinski definition) is 0. The second kappa shape index (κ2) is 5.33. The van der Waals surface area contributed by atoms with Crippen LogP contribution in [-0.2, 0) is 0 Å². The Labute approximate surface area is 119 Å². The van der Waals surface area contributed by atoms with Crippen LogP contribution in [0.3, 0.4) is 0 Å². The first-order valence-corrected chi connectivity index (χ1v) is 6.71. The summed E-state index contributed by atoms with van der Waals surface area (Å²) >= 11 is 5.50. The topological polar surface area (TPSA) is 0 Å². The molecule has 0 saturated carbocycles. The van der Waals surface area contributed by atoms with Crippen LogP contribution in [0.4, 0.5) is 0 Å². The fraction of sp³-hybridized carbons (Fsp3) is 0.0556. The molecular weight excluding hydrogens is 248 g/mol. The van der Waals surface area contributed by atoms with E-state index in [9.17, 15) is 0 Å². The summed E-state index contributed by atoms with van der Waals surface area (Å²) in [5, 5.41) is 0. The van der Waals surface area contributed by atoms with E-state index in [1.54, 1.807) is 0 Å². The Balaban J connectivity index is 2.09. The fourth-order valence-electron chi connectivity index (χ4n) is 2.40. The van der Waals surface area contributed by atoms with Crippen LogP contribution in [0.2, 0.25) is 0 Å². The summed E-state index contributed by atoms with van der Waals surface area (Å²) in [5.41, 5.74) is 3.69. The quantitative estimate of drug-likeness (QED) is 0.712. The molecule has 2 aromatic rings. The van der Waals surface area contributed by atoms with E-state index < -0.39 is 0 Å². The van der Waals surface area contributed by atoms with Gasteiger partial charge in [0.2, 0.25) is 0 Å². The van der Waals surface area contributed by atoms with E-state index in [4.69, 9.17) is 12.2 Å². The molecule has 1 heteroatoms. The van der Waals surface area contributed by atoms with Gasteiger partial charge in [-0.3, -0.25) is 0 Å². The lowest BCUT2D eigenvalue weighted by Gasteiger charge is -2.23. The van der Waals surface area contributed by atoms with E-state index in [1.165, 1.54) is 16.7 Å². The molecule has 1 unspecified atom stereocenters. The van der Waals surface area contributed by atoms with Crippen molar-refractivity contribution in [3.05, 3.63) is 90.0 Å². The van der Waals surface area contributed by atoms with Gasteiger partial charge in [0, 0.05) is 10.8 Å². The molecule has 0 heterocycles. The van der Waals surface area contributed by atoms with Crippen molar-refractivity contribution in [1.82, 2.24) is 0 Å². The van der Waals surface area contributed by atoms with Gasteiger partial charge in [0.1, 0.15) is 0 Å². The van der Waals surface area contributed by atoms with Crippen molar-refractivity contribution in [2.75, 3.05) is 0 Å². The zero-order valence-electron chi connectivity index (χ0n) is 10.4. The summed E-state index contributed by atoms with van der Waals surface area (Å²) in [6, 6.07) is 20.8. The van der Waals surface area contributed by atoms with Gasteiger partial charge in [-0.2, -0.15) is 0 Å². The monoisotopic (exact) mass is 261 g/mol. The maximum absolute atomic E-state index is 5.50. The maximum Gasteiger partial charge on any atom is 0.0454 e. The second-order valence-electron chi connectivity index (χ2n) is 4.51. The van der Waals surface area contributed by atoms with E-state index in [2.05, 4.69) is 60.7 Å². The number of allylic oxidation sites excluding steroid dienone is 4. The van der Waals surface area contributed by atoms with Crippen molar-refractivity contribution in [2.24, 2.45) is 0 Å². The Morgan fingerprint density at radius 3 is 2.16 bits per heavy atom. The lowest BCUT2D eigenvalue weighted by Crippen LogP contribution is -2.13. The summed E-state index contributed by atoms with van der Waals surface area (Å²) in [4.78, 5) is 0.854. The molecule has 2 aromatic carbocycles. The Hall–Kier alpha value is -1.99. The summed E-state index contributed by atoms with van der Waals surface area (Å²) in [6.45, 7) is 0. The Morgan fingerprint density at radius 2 is 1.47 bits per heavy atom. The molecule has 0 aliphatic heterocycles. The van der Waals surface area contributed by atoms with Gasteiger partial charge in [-0.15, -0.1) is 0 Å². The molecule has 0 saturated heterocycles. The number of hydrogen-bond acceptors (Lipinski definition) is 1. The van der Waals surface area contributed by atoms with Gasteiger partial charge in [0.15, 0.2) is 0 Å². The number of benzene rings is 2. The van der Waals surface area contributed by atoms with Gasteiger partial charge in [-0.25, -0.2) is 0 Å². The van der Waals surface area contributed by atoms with E-state index in [0.717, 1.165) is 4.86 Å². The van der Waals surface area contributed by atoms with Gasteiger partial charge < -0.3 is 0 Å². The molecule has 0 amide bonds. The molecule has 0 nitrogen and oxygen atoms in total. The molecule has 0 N–H and O–H groups in total. The molecule has 0 aromatic heterocycles. The molecule has 1 atom stereocenters. The van der Waals surface area contributed by atoms with E-state index >= 15 is 0 Å². The Morgan fingerprint density at radius 1 is 0.842 bits per heavy atom. The lowest BCUT2D eigenvalue weighted by atomic mass is 9.82. The van der Waals surface area contributed by atoms with Crippen LogP contribution >= 0.6 is 12.2 Å². The van der Waals surface area contributed by atoms with Crippen molar-refractivity contribution in [2.45, 2.75) is 5.92 Å².